The van der Waals surface area contributed by atoms with Crippen LogP contribution in [0.4, 0.5) is 10.2 Å². The lowest BCUT2D eigenvalue weighted by molar-refractivity contribution is -0.144. The van der Waals surface area contributed by atoms with E-state index in [1.165, 1.54) is 24.4 Å². The number of pyridine rings is 1. The van der Waals surface area contributed by atoms with E-state index in [0.717, 1.165) is 30.1 Å². The second-order valence-electron chi connectivity index (χ2n) is 6.71. The second-order valence-corrected chi connectivity index (χ2v) is 6.71. The van der Waals surface area contributed by atoms with Gasteiger partial charge in [0.1, 0.15) is 17.3 Å². The molecule has 3 N–H and O–H groups in total. The van der Waals surface area contributed by atoms with E-state index < -0.39 is 17.7 Å². The zero-order valence-electron chi connectivity index (χ0n) is 14.4. The molecule has 3 aromatic heterocycles. The Morgan fingerprint density at radius 2 is 2.26 bits per heavy atom. The fourth-order valence-corrected chi connectivity index (χ4v) is 3.33. The van der Waals surface area contributed by atoms with Crippen molar-refractivity contribution in [2.75, 3.05) is 11.9 Å². The predicted molar refractivity (Wildman–Crippen MR) is 96.4 cm³/mol. The Hall–Kier alpha value is -3.23. The van der Waals surface area contributed by atoms with E-state index in [2.05, 4.69) is 20.4 Å². The van der Waals surface area contributed by atoms with Crippen molar-refractivity contribution in [2.24, 2.45) is 11.8 Å². The first-order valence-corrected chi connectivity index (χ1v) is 8.73. The number of carboxylic acids is 1. The lowest BCUT2D eigenvalue weighted by Crippen LogP contribution is -2.34. The summed E-state index contributed by atoms with van der Waals surface area (Å²) in [5, 5.41) is 17.1. The van der Waals surface area contributed by atoms with Crippen LogP contribution in [0.25, 0.3) is 16.7 Å². The predicted octanol–water partition coefficient (Wildman–Crippen LogP) is 2.16. The molecule has 1 aliphatic carbocycles. The van der Waals surface area contributed by atoms with Gasteiger partial charge < -0.3 is 15.4 Å². The van der Waals surface area contributed by atoms with Crippen LogP contribution < -0.4 is 10.9 Å². The van der Waals surface area contributed by atoms with Crippen molar-refractivity contribution >= 4 is 22.8 Å². The van der Waals surface area contributed by atoms with Crippen molar-refractivity contribution in [3.8, 4) is 5.69 Å². The number of aliphatic carboxylic acids is 1. The van der Waals surface area contributed by atoms with Crippen LogP contribution in [-0.2, 0) is 4.79 Å². The van der Waals surface area contributed by atoms with Gasteiger partial charge in [-0.3, -0.25) is 9.59 Å². The highest BCUT2D eigenvalue weighted by molar-refractivity contribution is 5.85. The number of aromatic nitrogens is 4. The smallest absolute Gasteiger partial charge is 0.308 e. The monoisotopic (exact) mass is 371 g/mol. The molecule has 0 aliphatic heterocycles. The highest BCUT2D eigenvalue weighted by atomic mass is 19.1. The average molecular weight is 371 g/mol. The number of carbonyl (C=O) groups is 1. The Bertz CT molecular complexity index is 1060. The third-order valence-electron chi connectivity index (χ3n) is 5.04. The van der Waals surface area contributed by atoms with Crippen molar-refractivity contribution in [3.05, 3.63) is 46.8 Å². The molecule has 27 heavy (non-hydrogen) atoms. The lowest BCUT2D eigenvalue weighted by Gasteiger charge is -2.31. The highest BCUT2D eigenvalue weighted by Gasteiger charge is 2.32. The van der Waals surface area contributed by atoms with Crippen molar-refractivity contribution in [2.45, 2.75) is 19.3 Å². The maximum Gasteiger partial charge on any atom is 0.308 e. The molecular weight excluding hydrogens is 353 g/mol. The zero-order chi connectivity index (χ0) is 19.0. The number of H-pyrrole nitrogens is 1. The number of carboxylic acid groups (broad SMARTS) is 1. The first kappa shape index (κ1) is 17.2. The van der Waals surface area contributed by atoms with Crippen LogP contribution in [0.5, 0.6) is 0 Å². The second kappa shape index (κ2) is 6.82. The van der Waals surface area contributed by atoms with E-state index in [1.54, 1.807) is 0 Å². The van der Waals surface area contributed by atoms with Gasteiger partial charge in [-0.1, -0.05) is 6.42 Å². The van der Waals surface area contributed by atoms with Crippen LogP contribution in [0.15, 0.2) is 35.4 Å². The largest absolute Gasteiger partial charge is 0.481 e. The third kappa shape index (κ3) is 3.27. The number of nitrogens with one attached hydrogen (secondary N) is 2. The summed E-state index contributed by atoms with van der Waals surface area (Å²) >= 11 is 0. The Morgan fingerprint density at radius 1 is 1.44 bits per heavy atom. The van der Waals surface area contributed by atoms with Gasteiger partial charge in [0.25, 0.3) is 5.56 Å². The Morgan fingerprint density at radius 3 is 2.96 bits per heavy atom. The fraction of sp³-hybridized carbons (Fsp3) is 0.333. The highest BCUT2D eigenvalue weighted by Crippen LogP contribution is 2.33. The summed E-state index contributed by atoms with van der Waals surface area (Å²) in [5.41, 5.74) is 0.424. The molecule has 1 aliphatic rings. The van der Waals surface area contributed by atoms with Crippen molar-refractivity contribution in [1.29, 1.82) is 0 Å². The minimum Gasteiger partial charge on any atom is -0.481 e. The number of hydrogen-bond acceptors (Lipinski definition) is 5. The number of aromatic amines is 1. The number of nitrogens with zero attached hydrogens (tertiary/aromatic N) is 3. The molecule has 1 saturated carbocycles. The van der Waals surface area contributed by atoms with Crippen LogP contribution in [-0.4, -0.2) is 37.4 Å². The maximum absolute atomic E-state index is 13.5. The van der Waals surface area contributed by atoms with Gasteiger partial charge in [0.05, 0.1) is 17.8 Å². The summed E-state index contributed by atoms with van der Waals surface area (Å²) in [6.45, 7) is 0.231. The van der Waals surface area contributed by atoms with E-state index in [4.69, 9.17) is 0 Å². The van der Waals surface area contributed by atoms with Gasteiger partial charge in [-0.25, -0.2) is 9.37 Å². The quantitative estimate of drug-likeness (QED) is 0.612. The van der Waals surface area contributed by atoms with Crippen molar-refractivity contribution in [1.82, 2.24) is 19.7 Å². The summed E-state index contributed by atoms with van der Waals surface area (Å²) in [6.07, 6.45) is 5.51. The molecule has 3 heterocycles. The van der Waals surface area contributed by atoms with Gasteiger partial charge in [-0.2, -0.15) is 4.68 Å². The van der Waals surface area contributed by atoms with Gasteiger partial charge >= 0.3 is 5.97 Å². The van der Waals surface area contributed by atoms with Crippen LogP contribution in [0.3, 0.4) is 0 Å². The van der Waals surface area contributed by atoms with E-state index in [-0.39, 0.29) is 18.0 Å². The average Bonchev–Trinajstić information content (AvgIpc) is 3.00. The molecule has 0 aromatic carbocycles. The minimum atomic E-state index is -0.835. The molecule has 0 amide bonds. The SMILES string of the molecule is O=C(O)C(CNc1ccc(=O)n(-c2c[nH]c3ncc(F)cc23)n1)C1CCC1. The first-order valence-electron chi connectivity index (χ1n) is 8.73. The molecule has 0 spiro atoms. The van der Waals surface area contributed by atoms with E-state index in [0.29, 0.717) is 22.5 Å². The Kier molecular flexibility index (Phi) is 4.35. The molecule has 3 aromatic rings. The van der Waals surface area contributed by atoms with Gasteiger partial charge in [0.2, 0.25) is 0 Å². The molecule has 0 radical (unpaired) electrons. The molecule has 1 fully saturated rings. The molecule has 4 rings (SSSR count). The standard InChI is InChI=1S/C18H18FN5O3/c19-11-6-12-14(9-22-17(12)21-7-11)24-16(25)5-4-15(23-24)20-8-13(18(26)27)10-2-1-3-10/h4-7,9-10,13H,1-3,8H2,(H,20,23)(H,21,22)(H,26,27). The summed E-state index contributed by atoms with van der Waals surface area (Å²) in [6, 6.07) is 4.12. The number of fused-ring (bicyclic) bond motifs is 1. The van der Waals surface area contributed by atoms with Gasteiger partial charge in [0, 0.05) is 24.2 Å². The number of anilines is 1. The maximum atomic E-state index is 13.5. The summed E-state index contributed by atoms with van der Waals surface area (Å²) in [7, 11) is 0. The van der Waals surface area contributed by atoms with Gasteiger partial charge in [0.15, 0.2) is 0 Å². The van der Waals surface area contributed by atoms with E-state index in [1.807, 2.05) is 0 Å². The van der Waals surface area contributed by atoms with Gasteiger partial charge in [-0.15, -0.1) is 5.10 Å². The van der Waals surface area contributed by atoms with E-state index >= 15 is 0 Å². The van der Waals surface area contributed by atoms with Crippen LogP contribution in [0.1, 0.15) is 19.3 Å². The molecule has 1 unspecified atom stereocenters. The number of hydrogen-bond donors (Lipinski definition) is 3. The summed E-state index contributed by atoms with van der Waals surface area (Å²) in [4.78, 5) is 30.6. The third-order valence-corrected chi connectivity index (χ3v) is 5.04. The normalized spacial score (nSPS) is 15.4. The minimum absolute atomic E-state index is 0.170. The fourth-order valence-electron chi connectivity index (χ4n) is 3.33. The van der Waals surface area contributed by atoms with Crippen LogP contribution >= 0.6 is 0 Å². The van der Waals surface area contributed by atoms with Gasteiger partial charge in [-0.05, 0) is 30.9 Å². The van der Waals surface area contributed by atoms with E-state index in [9.17, 15) is 19.1 Å². The molecule has 8 nitrogen and oxygen atoms in total. The number of halogens is 1. The van der Waals surface area contributed by atoms with Crippen LogP contribution in [0.2, 0.25) is 0 Å². The molecule has 1 atom stereocenters. The zero-order valence-corrected chi connectivity index (χ0v) is 14.4. The molecule has 0 saturated heterocycles. The lowest BCUT2D eigenvalue weighted by atomic mass is 9.76. The van der Waals surface area contributed by atoms with Crippen molar-refractivity contribution in [3.63, 3.8) is 0 Å². The summed E-state index contributed by atoms with van der Waals surface area (Å²) < 4.78 is 14.7. The molecule has 9 heteroatoms. The van der Waals surface area contributed by atoms with Crippen LogP contribution in [0, 0.1) is 17.7 Å². The molecule has 0 bridgehead atoms. The topological polar surface area (TPSA) is 113 Å². The summed E-state index contributed by atoms with van der Waals surface area (Å²) in [5.74, 6) is -1.30. The Labute approximate surface area is 153 Å². The molecule has 140 valence electrons. The Balaban J connectivity index is 1.62. The van der Waals surface area contributed by atoms with Crippen molar-refractivity contribution < 1.29 is 14.3 Å². The molecular formula is C18H18FN5O3. The first-order chi connectivity index (χ1) is 13.0. The number of rotatable bonds is 6.